The van der Waals surface area contributed by atoms with E-state index in [2.05, 4.69) is 15.5 Å². The van der Waals surface area contributed by atoms with Gasteiger partial charge in [0.25, 0.3) is 0 Å². The Bertz CT molecular complexity index is 1030. The molecule has 1 N–H and O–H groups in total. The quantitative estimate of drug-likeness (QED) is 0.418. The third-order valence-corrected chi connectivity index (χ3v) is 5.53. The fraction of sp³-hybridized carbons (Fsp3) is 0.318. The topological polar surface area (TPSA) is 78.3 Å². The fourth-order valence-corrected chi connectivity index (χ4v) is 3.96. The van der Waals surface area contributed by atoms with Crippen LogP contribution < -0.4 is 14.8 Å². The summed E-state index contributed by atoms with van der Waals surface area (Å²) in [5, 5.41) is 12.7. The van der Waals surface area contributed by atoms with Gasteiger partial charge in [-0.05, 0) is 51.1 Å². The van der Waals surface area contributed by atoms with Gasteiger partial charge in [0.1, 0.15) is 11.5 Å². The number of aromatic nitrogens is 3. The van der Waals surface area contributed by atoms with E-state index < -0.39 is 0 Å². The normalized spacial score (nSPS) is 11.7. The molecular formula is C22H25ClN4O3S. The standard InChI is InChI=1S/C22H25ClN4O3S/c1-4-27-21(15(3)30-17-10-8-9-16(23)13-17)25-26-22(27)31-14-20(28)24-18-11-6-7-12-19(18)29-5-2/h6-13,15H,4-5,14H2,1-3H3,(H,24,28). The molecule has 9 heteroatoms. The SMILES string of the molecule is CCOc1ccccc1NC(=O)CSc1nnc(C(C)Oc2cccc(Cl)c2)n1CC. The molecule has 1 heterocycles. The van der Waals surface area contributed by atoms with Crippen molar-refractivity contribution in [2.24, 2.45) is 0 Å². The second kappa shape index (κ2) is 11.1. The van der Waals surface area contributed by atoms with Gasteiger partial charge in [-0.15, -0.1) is 10.2 Å². The summed E-state index contributed by atoms with van der Waals surface area (Å²) in [5.74, 6) is 2.04. The van der Waals surface area contributed by atoms with Crippen molar-refractivity contribution in [2.75, 3.05) is 17.7 Å². The first kappa shape index (κ1) is 23.0. The van der Waals surface area contributed by atoms with Crippen molar-refractivity contribution < 1.29 is 14.3 Å². The van der Waals surface area contributed by atoms with E-state index in [0.717, 1.165) is 0 Å². The molecule has 164 valence electrons. The molecule has 3 rings (SSSR count). The summed E-state index contributed by atoms with van der Waals surface area (Å²) in [6, 6.07) is 14.6. The van der Waals surface area contributed by atoms with E-state index in [1.54, 1.807) is 12.1 Å². The van der Waals surface area contributed by atoms with Crippen LogP contribution in [0.4, 0.5) is 5.69 Å². The number of hydrogen-bond donors (Lipinski definition) is 1. The Morgan fingerprint density at radius 1 is 1.19 bits per heavy atom. The molecule has 31 heavy (non-hydrogen) atoms. The van der Waals surface area contributed by atoms with Crippen molar-refractivity contribution in [1.82, 2.24) is 14.8 Å². The number of anilines is 1. The highest BCUT2D eigenvalue weighted by molar-refractivity contribution is 7.99. The van der Waals surface area contributed by atoms with E-state index in [9.17, 15) is 4.79 Å². The highest BCUT2D eigenvalue weighted by Gasteiger charge is 2.20. The van der Waals surface area contributed by atoms with Crippen molar-refractivity contribution >= 4 is 35.0 Å². The van der Waals surface area contributed by atoms with Gasteiger partial charge >= 0.3 is 0 Å². The molecule has 3 aromatic rings. The highest BCUT2D eigenvalue weighted by atomic mass is 35.5. The molecule has 1 unspecified atom stereocenters. The third-order valence-electron chi connectivity index (χ3n) is 4.33. The summed E-state index contributed by atoms with van der Waals surface area (Å²) in [6.45, 7) is 6.99. The number of para-hydroxylation sites is 2. The van der Waals surface area contributed by atoms with Crippen LogP contribution in [0.15, 0.2) is 53.7 Å². The number of carbonyl (C=O) groups is 1. The molecule has 0 aliphatic carbocycles. The number of nitrogens with zero attached hydrogens (tertiary/aromatic N) is 3. The predicted molar refractivity (Wildman–Crippen MR) is 123 cm³/mol. The minimum Gasteiger partial charge on any atom is -0.492 e. The zero-order valence-electron chi connectivity index (χ0n) is 17.7. The first-order chi connectivity index (χ1) is 15.0. The maximum absolute atomic E-state index is 12.5. The zero-order chi connectivity index (χ0) is 22.2. The molecule has 7 nitrogen and oxygen atoms in total. The maximum Gasteiger partial charge on any atom is 0.234 e. The van der Waals surface area contributed by atoms with Crippen LogP contribution >= 0.6 is 23.4 Å². The molecular weight excluding hydrogens is 436 g/mol. The Morgan fingerprint density at radius 3 is 2.74 bits per heavy atom. The van der Waals surface area contributed by atoms with E-state index in [0.29, 0.717) is 46.3 Å². The van der Waals surface area contributed by atoms with E-state index in [1.807, 2.05) is 61.7 Å². The molecule has 0 fully saturated rings. The number of rotatable bonds is 10. The summed E-state index contributed by atoms with van der Waals surface area (Å²) in [4.78, 5) is 12.5. The lowest BCUT2D eigenvalue weighted by Gasteiger charge is -2.15. The first-order valence-corrected chi connectivity index (χ1v) is 11.4. The number of halogens is 1. The van der Waals surface area contributed by atoms with Gasteiger partial charge in [0, 0.05) is 11.6 Å². The molecule has 1 atom stereocenters. The predicted octanol–water partition coefficient (Wildman–Crippen LogP) is 5.22. The van der Waals surface area contributed by atoms with Crippen LogP contribution in [0.5, 0.6) is 11.5 Å². The molecule has 0 aliphatic heterocycles. The van der Waals surface area contributed by atoms with Gasteiger partial charge in [-0.25, -0.2) is 0 Å². The van der Waals surface area contributed by atoms with Crippen LogP contribution in [0, 0.1) is 0 Å². The van der Waals surface area contributed by atoms with Crippen LogP contribution in [0.25, 0.3) is 0 Å². The van der Waals surface area contributed by atoms with Crippen molar-refractivity contribution in [3.05, 3.63) is 59.4 Å². The average molecular weight is 461 g/mol. The van der Waals surface area contributed by atoms with Crippen molar-refractivity contribution in [3.8, 4) is 11.5 Å². The Morgan fingerprint density at radius 2 is 2.00 bits per heavy atom. The lowest BCUT2D eigenvalue weighted by atomic mass is 10.3. The molecule has 0 saturated heterocycles. The third kappa shape index (κ3) is 6.15. The van der Waals surface area contributed by atoms with Gasteiger partial charge in [-0.2, -0.15) is 0 Å². The van der Waals surface area contributed by atoms with Crippen LogP contribution in [0.2, 0.25) is 5.02 Å². The Hall–Kier alpha value is -2.71. The Kier molecular flexibility index (Phi) is 8.20. The summed E-state index contributed by atoms with van der Waals surface area (Å²) in [5.41, 5.74) is 0.649. The number of nitrogens with one attached hydrogen (secondary N) is 1. The number of benzene rings is 2. The minimum atomic E-state index is -0.327. The average Bonchev–Trinajstić information content (AvgIpc) is 3.17. The van der Waals surface area contributed by atoms with Gasteiger partial charge in [0.15, 0.2) is 17.1 Å². The van der Waals surface area contributed by atoms with Gasteiger partial charge in [0.2, 0.25) is 5.91 Å². The molecule has 0 bridgehead atoms. The fourth-order valence-electron chi connectivity index (χ4n) is 2.97. The second-order valence-electron chi connectivity index (χ2n) is 6.57. The Balaban J connectivity index is 1.63. The van der Waals surface area contributed by atoms with Crippen LogP contribution in [-0.4, -0.2) is 33.0 Å². The molecule has 1 amide bonds. The maximum atomic E-state index is 12.5. The van der Waals surface area contributed by atoms with Gasteiger partial charge < -0.3 is 19.4 Å². The molecule has 1 aromatic heterocycles. The van der Waals surface area contributed by atoms with Crippen molar-refractivity contribution in [3.63, 3.8) is 0 Å². The largest absolute Gasteiger partial charge is 0.492 e. The van der Waals surface area contributed by atoms with Crippen molar-refractivity contribution in [1.29, 1.82) is 0 Å². The number of hydrogen-bond acceptors (Lipinski definition) is 6. The number of thioether (sulfide) groups is 1. The molecule has 0 saturated carbocycles. The number of ether oxygens (including phenoxy) is 2. The van der Waals surface area contributed by atoms with Gasteiger partial charge in [-0.1, -0.05) is 41.6 Å². The van der Waals surface area contributed by atoms with E-state index >= 15 is 0 Å². The first-order valence-electron chi connectivity index (χ1n) is 10.0. The monoisotopic (exact) mass is 460 g/mol. The zero-order valence-corrected chi connectivity index (χ0v) is 19.2. The minimum absolute atomic E-state index is 0.146. The second-order valence-corrected chi connectivity index (χ2v) is 7.95. The number of carbonyl (C=O) groups excluding carboxylic acids is 1. The van der Waals surface area contributed by atoms with E-state index in [4.69, 9.17) is 21.1 Å². The molecule has 0 spiro atoms. The van der Waals surface area contributed by atoms with E-state index in [-0.39, 0.29) is 17.8 Å². The molecule has 0 radical (unpaired) electrons. The molecule has 0 aliphatic rings. The summed E-state index contributed by atoms with van der Waals surface area (Å²) >= 11 is 7.36. The summed E-state index contributed by atoms with van der Waals surface area (Å²) in [7, 11) is 0. The number of amides is 1. The van der Waals surface area contributed by atoms with Crippen LogP contribution in [0.1, 0.15) is 32.7 Å². The van der Waals surface area contributed by atoms with Crippen LogP contribution in [0.3, 0.4) is 0 Å². The highest BCUT2D eigenvalue weighted by Crippen LogP contribution is 2.27. The van der Waals surface area contributed by atoms with Crippen molar-refractivity contribution in [2.45, 2.75) is 38.6 Å². The lowest BCUT2D eigenvalue weighted by Crippen LogP contribution is -2.16. The van der Waals surface area contributed by atoms with Gasteiger partial charge in [-0.3, -0.25) is 4.79 Å². The lowest BCUT2D eigenvalue weighted by molar-refractivity contribution is -0.113. The van der Waals surface area contributed by atoms with Gasteiger partial charge in [0.05, 0.1) is 18.0 Å². The summed E-state index contributed by atoms with van der Waals surface area (Å²) in [6.07, 6.45) is -0.327. The molecule has 2 aromatic carbocycles. The summed E-state index contributed by atoms with van der Waals surface area (Å²) < 4.78 is 13.5. The van der Waals surface area contributed by atoms with Crippen LogP contribution in [-0.2, 0) is 11.3 Å². The Labute approximate surface area is 191 Å². The van der Waals surface area contributed by atoms with E-state index in [1.165, 1.54) is 11.8 Å². The smallest absolute Gasteiger partial charge is 0.234 e.